The second kappa shape index (κ2) is 11.8. The van der Waals surface area contributed by atoms with E-state index < -0.39 is 6.04 Å². The van der Waals surface area contributed by atoms with Crippen LogP contribution in [0.5, 0.6) is 0 Å². The normalized spacial score (nSPS) is 22.0. The lowest BCUT2D eigenvalue weighted by Gasteiger charge is -2.36. The van der Waals surface area contributed by atoms with E-state index in [1.165, 1.54) is 16.7 Å². The van der Waals surface area contributed by atoms with Crippen LogP contribution in [0, 0.1) is 0 Å². The van der Waals surface area contributed by atoms with Crippen molar-refractivity contribution in [2.45, 2.75) is 31.4 Å². The molecule has 4 aliphatic rings. The summed E-state index contributed by atoms with van der Waals surface area (Å²) < 4.78 is 5.57. The van der Waals surface area contributed by atoms with E-state index in [9.17, 15) is 14.4 Å². The maximum atomic E-state index is 13.6. The number of hydrogen-bond donors (Lipinski definition) is 1. The van der Waals surface area contributed by atoms with Crippen molar-refractivity contribution in [2.24, 2.45) is 9.98 Å². The highest BCUT2D eigenvalue weighted by molar-refractivity contribution is 8.14. The summed E-state index contributed by atoms with van der Waals surface area (Å²) in [6.07, 6.45) is 2.03. The molecule has 0 spiro atoms. The van der Waals surface area contributed by atoms with Crippen LogP contribution in [-0.2, 0) is 19.1 Å². The third-order valence-corrected chi connectivity index (χ3v) is 8.49. The Bertz CT molecular complexity index is 1340. The number of benzene rings is 2. The van der Waals surface area contributed by atoms with Gasteiger partial charge in [-0.2, -0.15) is 0 Å². The molecule has 4 heterocycles. The molecule has 2 aromatic carbocycles. The molecule has 40 heavy (non-hydrogen) atoms. The number of rotatable bonds is 7. The van der Waals surface area contributed by atoms with Crippen molar-refractivity contribution in [3.8, 4) is 0 Å². The number of amidine groups is 2. The minimum atomic E-state index is -0.819. The molecule has 4 aliphatic heterocycles. The summed E-state index contributed by atoms with van der Waals surface area (Å²) in [6, 6.07) is 16.8. The zero-order valence-electron chi connectivity index (χ0n) is 22.2. The number of nitrogens with zero attached hydrogens (tertiary/aromatic N) is 5. The third-order valence-electron chi connectivity index (χ3n) is 7.55. The summed E-state index contributed by atoms with van der Waals surface area (Å²) in [4.78, 5) is 54.3. The molecule has 2 aromatic rings. The van der Waals surface area contributed by atoms with Gasteiger partial charge in [0, 0.05) is 50.6 Å². The molecule has 2 saturated heterocycles. The number of ether oxygens (including phenoxy) is 1. The van der Waals surface area contributed by atoms with Crippen LogP contribution >= 0.6 is 11.8 Å². The monoisotopic (exact) mass is 560 g/mol. The molecule has 2 fully saturated rings. The first-order chi connectivity index (χ1) is 19.6. The first kappa shape index (κ1) is 26.5. The molecule has 11 heteroatoms. The van der Waals surface area contributed by atoms with E-state index in [2.05, 4.69) is 27.3 Å². The molecule has 208 valence electrons. The van der Waals surface area contributed by atoms with Gasteiger partial charge in [-0.25, -0.2) is 9.89 Å². The highest BCUT2D eigenvalue weighted by Crippen LogP contribution is 2.34. The van der Waals surface area contributed by atoms with Crippen molar-refractivity contribution in [3.05, 3.63) is 60.2 Å². The summed E-state index contributed by atoms with van der Waals surface area (Å²) in [5, 5.41) is 3.32. The molecule has 3 amide bonds. The molecule has 0 unspecified atom stereocenters. The first-order valence-corrected chi connectivity index (χ1v) is 14.7. The zero-order valence-corrected chi connectivity index (χ0v) is 23.0. The van der Waals surface area contributed by atoms with E-state index in [4.69, 9.17) is 9.73 Å². The molecule has 1 N–H and O–H groups in total. The molecular weight excluding hydrogens is 528 g/mol. The molecule has 6 rings (SSSR count). The smallest absolute Gasteiger partial charge is 0.259 e. The van der Waals surface area contributed by atoms with Crippen LogP contribution < -0.4 is 10.2 Å². The Morgan fingerprint density at radius 2 is 1.80 bits per heavy atom. The summed E-state index contributed by atoms with van der Waals surface area (Å²) in [7, 11) is 0. The van der Waals surface area contributed by atoms with Crippen LogP contribution in [0.25, 0.3) is 0 Å². The van der Waals surface area contributed by atoms with Crippen LogP contribution in [0.15, 0.2) is 64.6 Å². The van der Waals surface area contributed by atoms with Crippen LogP contribution in [0.2, 0.25) is 0 Å². The van der Waals surface area contributed by atoms with Crippen LogP contribution in [-0.4, -0.2) is 95.8 Å². The first-order valence-electron chi connectivity index (χ1n) is 13.8. The van der Waals surface area contributed by atoms with Gasteiger partial charge in [-0.1, -0.05) is 42.1 Å². The highest BCUT2D eigenvalue weighted by atomic mass is 32.2. The van der Waals surface area contributed by atoms with E-state index in [0.717, 1.165) is 43.8 Å². The van der Waals surface area contributed by atoms with E-state index in [0.29, 0.717) is 36.3 Å². The number of carbonyl (C=O) groups excluding carboxylic acids is 3. The van der Waals surface area contributed by atoms with Crippen LogP contribution in [0.4, 0.5) is 11.4 Å². The van der Waals surface area contributed by atoms with E-state index in [1.807, 2.05) is 47.4 Å². The van der Waals surface area contributed by atoms with Crippen molar-refractivity contribution in [2.75, 3.05) is 50.0 Å². The summed E-state index contributed by atoms with van der Waals surface area (Å²) in [6.45, 7) is 3.89. The molecule has 10 nitrogen and oxygen atoms in total. The quantitative estimate of drug-likeness (QED) is 0.558. The van der Waals surface area contributed by atoms with Gasteiger partial charge in [0.1, 0.15) is 11.9 Å². The average Bonchev–Trinajstić information content (AvgIpc) is 3.63. The van der Waals surface area contributed by atoms with Crippen LogP contribution in [0.3, 0.4) is 0 Å². The maximum Gasteiger partial charge on any atom is 0.259 e. The number of piperazine rings is 1. The average molecular weight is 561 g/mol. The lowest BCUT2D eigenvalue weighted by molar-refractivity contribution is -0.135. The summed E-state index contributed by atoms with van der Waals surface area (Å²) in [5.74, 6) is 0.0909. The van der Waals surface area contributed by atoms with Crippen molar-refractivity contribution >= 4 is 51.9 Å². The van der Waals surface area contributed by atoms with Crippen LogP contribution in [0.1, 0.15) is 24.8 Å². The number of nitrogens with one attached hydrogen (secondary N) is 1. The lowest BCUT2D eigenvalue weighted by atomic mass is 10.1. The van der Waals surface area contributed by atoms with Gasteiger partial charge in [0.2, 0.25) is 11.8 Å². The predicted molar refractivity (Wildman–Crippen MR) is 155 cm³/mol. The fourth-order valence-electron chi connectivity index (χ4n) is 5.39. The molecule has 0 bridgehead atoms. The van der Waals surface area contributed by atoms with Gasteiger partial charge in [-0.05, 0) is 37.1 Å². The van der Waals surface area contributed by atoms with Gasteiger partial charge < -0.3 is 19.9 Å². The Labute approximate surface area is 237 Å². The number of para-hydroxylation sites is 2. The minimum Gasteiger partial charge on any atom is -0.376 e. The predicted octanol–water partition coefficient (Wildman–Crippen LogP) is 2.41. The molecule has 0 saturated carbocycles. The van der Waals surface area contributed by atoms with Gasteiger partial charge >= 0.3 is 0 Å². The topological polar surface area (TPSA) is 107 Å². The van der Waals surface area contributed by atoms with Gasteiger partial charge in [-0.3, -0.25) is 19.4 Å². The second-order valence-electron chi connectivity index (χ2n) is 10.2. The Kier molecular flexibility index (Phi) is 7.83. The van der Waals surface area contributed by atoms with E-state index >= 15 is 0 Å². The molecule has 2 atom stereocenters. The number of carbonyl (C=O) groups is 3. The molecule has 0 aromatic heterocycles. The van der Waals surface area contributed by atoms with Crippen molar-refractivity contribution in [1.82, 2.24) is 15.1 Å². The number of fused-ring (bicyclic) bond motifs is 3. The Hall–Kier alpha value is -3.70. The van der Waals surface area contributed by atoms with Gasteiger partial charge in [0.05, 0.1) is 24.0 Å². The van der Waals surface area contributed by atoms with Gasteiger partial charge in [-0.15, -0.1) is 0 Å². The fraction of sp³-hybridized carbons (Fsp3) is 0.414. The van der Waals surface area contributed by atoms with E-state index in [1.54, 1.807) is 0 Å². The number of amides is 3. The van der Waals surface area contributed by atoms with E-state index in [-0.39, 0.29) is 36.0 Å². The standard InChI is InChI=1S/C29H32N6O4S/c36-25(30-18-21-9-6-16-39-21)19-40-29-32-23-11-5-4-10-22(23)27-31-24(28(38)35(27)29)17-26(37)34-14-12-33(13-15-34)20-7-2-1-3-8-20/h1-5,7-8,10-11,21,24H,6,9,12-19H2,(H,30,36)/t21-,24-/m0/s1. The van der Waals surface area contributed by atoms with Crippen molar-refractivity contribution < 1.29 is 19.1 Å². The largest absolute Gasteiger partial charge is 0.376 e. The SMILES string of the molecule is O=C(CSC1=Nc2ccccc2C2=N[C@@H](CC(=O)N3CCN(c4ccccc4)CC3)C(=O)N12)NC[C@@H]1CCCO1. The Morgan fingerprint density at radius 3 is 2.58 bits per heavy atom. The Balaban J connectivity index is 1.10. The number of aliphatic imine (C=N–C) groups is 2. The molecular formula is C29H32N6O4S. The maximum absolute atomic E-state index is 13.6. The number of anilines is 1. The highest BCUT2D eigenvalue weighted by Gasteiger charge is 2.42. The fourth-order valence-corrected chi connectivity index (χ4v) is 6.22. The minimum absolute atomic E-state index is 0.00611. The molecule has 0 radical (unpaired) electrons. The third kappa shape index (κ3) is 5.62. The number of hydrogen-bond acceptors (Lipinski definition) is 8. The Morgan fingerprint density at radius 1 is 1.02 bits per heavy atom. The van der Waals surface area contributed by atoms with Gasteiger partial charge in [0.25, 0.3) is 5.91 Å². The summed E-state index contributed by atoms with van der Waals surface area (Å²) >= 11 is 1.20. The van der Waals surface area contributed by atoms with Crippen molar-refractivity contribution in [3.63, 3.8) is 0 Å². The lowest BCUT2D eigenvalue weighted by Crippen LogP contribution is -2.50. The zero-order chi connectivity index (χ0) is 27.5. The van der Waals surface area contributed by atoms with Crippen molar-refractivity contribution in [1.29, 1.82) is 0 Å². The number of thioether (sulfide) groups is 1. The molecule has 0 aliphatic carbocycles. The summed E-state index contributed by atoms with van der Waals surface area (Å²) in [5.41, 5.74) is 2.58. The van der Waals surface area contributed by atoms with Gasteiger partial charge in [0.15, 0.2) is 5.17 Å². The second-order valence-corrected chi connectivity index (χ2v) is 11.1.